The Morgan fingerprint density at radius 2 is 2.12 bits per heavy atom. The first-order valence-corrected chi connectivity index (χ1v) is 5.87. The average molecular weight is 229 g/mol. The van der Waals surface area contributed by atoms with Gasteiger partial charge in [-0.25, -0.2) is 0 Å². The molecule has 0 amide bonds. The van der Waals surface area contributed by atoms with Crippen molar-refractivity contribution >= 4 is 10.8 Å². The van der Waals surface area contributed by atoms with Gasteiger partial charge in [-0.05, 0) is 38.2 Å². The lowest BCUT2D eigenvalue weighted by atomic mass is 10.00. The quantitative estimate of drug-likeness (QED) is 0.869. The molecule has 0 radical (unpaired) electrons. The summed E-state index contributed by atoms with van der Waals surface area (Å²) in [4.78, 5) is 6.36. The third-order valence-corrected chi connectivity index (χ3v) is 2.99. The second kappa shape index (κ2) is 5.25. The molecule has 1 unspecified atom stereocenters. The first-order chi connectivity index (χ1) is 8.22. The highest BCUT2D eigenvalue weighted by Gasteiger charge is 2.12. The number of nitrogens with zero attached hydrogens (tertiary/aromatic N) is 2. The monoisotopic (exact) mass is 229 g/mol. The van der Waals surface area contributed by atoms with Crippen LogP contribution in [-0.4, -0.2) is 37.6 Å². The summed E-state index contributed by atoms with van der Waals surface area (Å²) in [6, 6.07) is 8.82. The zero-order chi connectivity index (χ0) is 12.3. The molecule has 0 aliphatic rings. The van der Waals surface area contributed by atoms with Crippen molar-refractivity contribution in [1.82, 2.24) is 15.2 Å². The van der Waals surface area contributed by atoms with Crippen LogP contribution in [0.4, 0.5) is 0 Å². The molecule has 3 nitrogen and oxygen atoms in total. The Labute approximate surface area is 102 Å². The van der Waals surface area contributed by atoms with Crippen molar-refractivity contribution in [3.8, 4) is 0 Å². The lowest BCUT2D eigenvalue weighted by Gasteiger charge is -2.22. The van der Waals surface area contributed by atoms with Gasteiger partial charge >= 0.3 is 0 Å². The van der Waals surface area contributed by atoms with Crippen molar-refractivity contribution in [3.05, 3.63) is 42.2 Å². The normalized spacial score (nSPS) is 13.2. The maximum absolute atomic E-state index is 4.17. The fourth-order valence-corrected chi connectivity index (χ4v) is 2.16. The minimum atomic E-state index is 0.344. The summed E-state index contributed by atoms with van der Waals surface area (Å²) in [5.74, 6) is 0. The molecule has 0 spiro atoms. The van der Waals surface area contributed by atoms with Gasteiger partial charge in [0.2, 0.25) is 0 Å². The third-order valence-electron chi connectivity index (χ3n) is 2.99. The van der Waals surface area contributed by atoms with Crippen LogP contribution in [0.5, 0.6) is 0 Å². The van der Waals surface area contributed by atoms with Crippen molar-refractivity contribution in [2.24, 2.45) is 0 Å². The maximum atomic E-state index is 4.17. The topological polar surface area (TPSA) is 28.2 Å². The summed E-state index contributed by atoms with van der Waals surface area (Å²) < 4.78 is 0. The molecule has 2 rings (SSSR count). The van der Waals surface area contributed by atoms with Gasteiger partial charge in [0.25, 0.3) is 0 Å². The smallest absolute Gasteiger partial charge is 0.0452 e. The predicted molar refractivity (Wildman–Crippen MR) is 72.1 cm³/mol. The number of hydrogen-bond donors (Lipinski definition) is 1. The standard InChI is InChI=1S/C14H19N3/c1-15-14(10-17(2)3)13-6-4-5-11-9-16-8-7-12(11)13/h4-9,14-15H,10H2,1-3H3. The maximum Gasteiger partial charge on any atom is 0.0452 e. The van der Waals surface area contributed by atoms with E-state index in [2.05, 4.69) is 53.6 Å². The second-order valence-electron chi connectivity index (χ2n) is 4.55. The van der Waals surface area contributed by atoms with Crippen LogP contribution in [0.25, 0.3) is 10.8 Å². The van der Waals surface area contributed by atoms with E-state index in [1.807, 2.05) is 19.4 Å². The molecule has 1 heterocycles. The van der Waals surface area contributed by atoms with Crippen molar-refractivity contribution in [2.45, 2.75) is 6.04 Å². The molecule has 3 heteroatoms. The van der Waals surface area contributed by atoms with E-state index in [0.29, 0.717) is 6.04 Å². The molecular formula is C14H19N3. The SMILES string of the molecule is CNC(CN(C)C)c1cccc2cnccc12. The number of aromatic nitrogens is 1. The van der Waals surface area contributed by atoms with Crippen LogP contribution in [0.3, 0.4) is 0 Å². The molecule has 90 valence electrons. The summed E-state index contributed by atoms with van der Waals surface area (Å²) in [6.07, 6.45) is 3.77. The van der Waals surface area contributed by atoms with E-state index in [9.17, 15) is 0 Å². The van der Waals surface area contributed by atoms with E-state index in [-0.39, 0.29) is 0 Å². The van der Waals surface area contributed by atoms with E-state index in [0.717, 1.165) is 6.54 Å². The highest BCUT2D eigenvalue weighted by molar-refractivity contribution is 5.85. The molecule has 0 saturated carbocycles. The molecule has 0 aliphatic heterocycles. The van der Waals surface area contributed by atoms with Gasteiger partial charge in [-0.2, -0.15) is 0 Å². The van der Waals surface area contributed by atoms with Gasteiger partial charge in [-0.1, -0.05) is 18.2 Å². The Bertz CT molecular complexity index is 488. The Morgan fingerprint density at radius 1 is 1.29 bits per heavy atom. The Hall–Kier alpha value is -1.45. The highest BCUT2D eigenvalue weighted by atomic mass is 15.1. The van der Waals surface area contributed by atoms with Crippen LogP contribution in [0, 0.1) is 0 Å². The van der Waals surface area contributed by atoms with E-state index in [4.69, 9.17) is 0 Å². The highest BCUT2D eigenvalue weighted by Crippen LogP contribution is 2.23. The summed E-state index contributed by atoms with van der Waals surface area (Å²) >= 11 is 0. The molecule has 1 N–H and O–H groups in total. The lowest BCUT2D eigenvalue weighted by molar-refractivity contribution is 0.354. The first-order valence-electron chi connectivity index (χ1n) is 5.87. The lowest BCUT2D eigenvalue weighted by Crippen LogP contribution is -2.28. The Morgan fingerprint density at radius 3 is 2.82 bits per heavy atom. The summed E-state index contributed by atoms with van der Waals surface area (Å²) in [5, 5.41) is 5.86. The summed E-state index contributed by atoms with van der Waals surface area (Å²) in [5.41, 5.74) is 1.33. The molecule has 0 saturated heterocycles. The molecule has 2 aromatic rings. The van der Waals surface area contributed by atoms with Gasteiger partial charge in [0.05, 0.1) is 0 Å². The van der Waals surface area contributed by atoms with Crippen molar-refractivity contribution in [2.75, 3.05) is 27.7 Å². The van der Waals surface area contributed by atoms with Gasteiger partial charge < -0.3 is 10.2 Å². The van der Waals surface area contributed by atoms with E-state index < -0.39 is 0 Å². The minimum absolute atomic E-state index is 0.344. The molecule has 0 fully saturated rings. The average Bonchev–Trinajstić information content (AvgIpc) is 2.35. The molecule has 1 aromatic carbocycles. The van der Waals surface area contributed by atoms with Crippen LogP contribution in [-0.2, 0) is 0 Å². The van der Waals surface area contributed by atoms with Crippen LogP contribution in [0.2, 0.25) is 0 Å². The van der Waals surface area contributed by atoms with Crippen LogP contribution < -0.4 is 5.32 Å². The third kappa shape index (κ3) is 2.62. The molecule has 0 bridgehead atoms. The van der Waals surface area contributed by atoms with E-state index >= 15 is 0 Å². The number of nitrogens with one attached hydrogen (secondary N) is 1. The van der Waals surface area contributed by atoms with E-state index in [1.54, 1.807) is 0 Å². The first kappa shape index (κ1) is 12.0. The zero-order valence-corrected chi connectivity index (χ0v) is 10.6. The molecular weight excluding hydrogens is 210 g/mol. The van der Waals surface area contributed by atoms with Crippen molar-refractivity contribution < 1.29 is 0 Å². The van der Waals surface area contributed by atoms with Gasteiger partial charge in [-0.15, -0.1) is 0 Å². The van der Waals surface area contributed by atoms with Crippen molar-refractivity contribution in [3.63, 3.8) is 0 Å². The van der Waals surface area contributed by atoms with Crippen molar-refractivity contribution in [1.29, 1.82) is 0 Å². The van der Waals surface area contributed by atoms with Crippen LogP contribution >= 0.6 is 0 Å². The van der Waals surface area contributed by atoms with Gasteiger partial charge in [0, 0.05) is 30.4 Å². The fraction of sp³-hybridized carbons (Fsp3) is 0.357. The zero-order valence-electron chi connectivity index (χ0n) is 10.6. The largest absolute Gasteiger partial charge is 0.312 e. The number of pyridine rings is 1. The molecule has 1 atom stereocenters. The Balaban J connectivity index is 2.46. The number of rotatable bonds is 4. The number of hydrogen-bond acceptors (Lipinski definition) is 3. The number of benzene rings is 1. The molecule has 17 heavy (non-hydrogen) atoms. The van der Waals surface area contributed by atoms with E-state index in [1.165, 1.54) is 16.3 Å². The Kier molecular flexibility index (Phi) is 3.71. The fourth-order valence-electron chi connectivity index (χ4n) is 2.16. The summed E-state index contributed by atoms with van der Waals surface area (Å²) in [6.45, 7) is 0.984. The molecule has 1 aromatic heterocycles. The molecule has 0 aliphatic carbocycles. The van der Waals surface area contributed by atoms with Gasteiger partial charge in [0.15, 0.2) is 0 Å². The van der Waals surface area contributed by atoms with Gasteiger partial charge in [0.1, 0.15) is 0 Å². The minimum Gasteiger partial charge on any atom is -0.312 e. The summed E-state index contributed by atoms with van der Waals surface area (Å²) in [7, 11) is 6.20. The van der Waals surface area contributed by atoms with Gasteiger partial charge in [-0.3, -0.25) is 4.98 Å². The number of likely N-dealkylation sites (N-methyl/N-ethyl adjacent to an activating group) is 2. The predicted octanol–water partition coefficient (Wildman–Crippen LogP) is 2.06. The number of fused-ring (bicyclic) bond motifs is 1. The van der Waals surface area contributed by atoms with Crippen LogP contribution in [0.1, 0.15) is 11.6 Å². The van der Waals surface area contributed by atoms with Crippen LogP contribution in [0.15, 0.2) is 36.7 Å². The second-order valence-corrected chi connectivity index (χ2v) is 4.55.